The van der Waals surface area contributed by atoms with Gasteiger partial charge in [-0.15, -0.1) is 0 Å². The van der Waals surface area contributed by atoms with Gasteiger partial charge in [-0.1, -0.05) is 18.2 Å². The number of nitrogens with one attached hydrogen (secondary N) is 2. The van der Waals surface area contributed by atoms with E-state index in [1.54, 1.807) is 0 Å². The van der Waals surface area contributed by atoms with Crippen molar-refractivity contribution >= 4 is 5.91 Å². The van der Waals surface area contributed by atoms with E-state index in [1.165, 1.54) is 36.1 Å². The third-order valence-electron chi connectivity index (χ3n) is 3.78. The van der Waals surface area contributed by atoms with Gasteiger partial charge in [0.05, 0.1) is 0 Å². The first-order valence-electron chi connectivity index (χ1n) is 7.17. The Hall–Kier alpha value is -2.43. The van der Waals surface area contributed by atoms with Gasteiger partial charge >= 0.3 is 0 Å². The number of carbonyl (C=O) groups excluding carboxylic acids is 1. The summed E-state index contributed by atoms with van der Waals surface area (Å²) in [5.74, 6) is -0.288. The summed E-state index contributed by atoms with van der Waals surface area (Å²) < 4.78 is 0. The molecule has 0 saturated carbocycles. The molecule has 3 rings (SSSR count). The molecule has 0 spiro atoms. The molecule has 0 fully saturated rings. The molecule has 5 nitrogen and oxygen atoms in total. The van der Waals surface area contributed by atoms with Crippen molar-refractivity contribution in [1.82, 2.24) is 15.5 Å². The average molecular weight is 283 g/mol. The maximum atomic E-state index is 11.9. The molecule has 1 amide bonds. The van der Waals surface area contributed by atoms with Crippen LogP contribution in [0.4, 0.5) is 0 Å². The van der Waals surface area contributed by atoms with E-state index in [4.69, 9.17) is 0 Å². The van der Waals surface area contributed by atoms with Crippen LogP contribution in [0.15, 0.2) is 35.1 Å². The molecule has 1 aromatic heterocycles. The van der Waals surface area contributed by atoms with Gasteiger partial charge in [0.25, 0.3) is 11.5 Å². The van der Waals surface area contributed by atoms with E-state index in [0.717, 1.165) is 18.4 Å². The van der Waals surface area contributed by atoms with Crippen molar-refractivity contribution in [2.75, 3.05) is 0 Å². The summed E-state index contributed by atoms with van der Waals surface area (Å²) in [5.41, 5.74) is 3.82. The van der Waals surface area contributed by atoms with E-state index in [9.17, 15) is 9.59 Å². The van der Waals surface area contributed by atoms with Crippen LogP contribution in [0.3, 0.4) is 0 Å². The first-order valence-corrected chi connectivity index (χ1v) is 7.17. The van der Waals surface area contributed by atoms with E-state index in [1.807, 2.05) is 0 Å². The SMILES string of the molecule is O=C(NCc1ccc2c(c1)CCCC2)c1ccc(=O)[nH]n1. The summed E-state index contributed by atoms with van der Waals surface area (Å²) in [7, 11) is 0. The Balaban J connectivity index is 1.66. The van der Waals surface area contributed by atoms with Gasteiger partial charge in [0.1, 0.15) is 5.69 Å². The smallest absolute Gasteiger partial charge is 0.271 e. The molecule has 0 radical (unpaired) electrons. The van der Waals surface area contributed by atoms with Crippen molar-refractivity contribution in [1.29, 1.82) is 0 Å². The number of H-pyrrole nitrogens is 1. The molecule has 0 unspecified atom stereocenters. The zero-order valence-electron chi connectivity index (χ0n) is 11.7. The van der Waals surface area contributed by atoms with Crippen molar-refractivity contribution in [3.63, 3.8) is 0 Å². The molecule has 5 heteroatoms. The normalized spacial score (nSPS) is 13.5. The Bertz CT molecular complexity index is 701. The number of aromatic amines is 1. The van der Waals surface area contributed by atoms with Gasteiger partial charge in [-0.05, 0) is 48.4 Å². The number of carbonyl (C=O) groups is 1. The maximum Gasteiger partial charge on any atom is 0.271 e. The lowest BCUT2D eigenvalue weighted by molar-refractivity contribution is 0.0945. The molecule has 1 heterocycles. The molecule has 1 aliphatic carbocycles. The van der Waals surface area contributed by atoms with Gasteiger partial charge in [-0.25, -0.2) is 5.10 Å². The van der Waals surface area contributed by atoms with Crippen LogP contribution >= 0.6 is 0 Å². The molecule has 0 aliphatic heterocycles. The molecule has 0 atom stereocenters. The standard InChI is InChI=1S/C16H17N3O2/c20-15-8-7-14(18-19-15)16(21)17-10-11-5-6-12-3-1-2-4-13(12)9-11/h5-9H,1-4,10H2,(H,17,21)(H,19,20). The quantitative estimate of drug-likeness (QED) is 0.898. The third-order valence-corrected chi connectivity index (χ3v) is 3.78. The number of aromatic nitrogens is 2. The predicted molar refractivity (Wildman–Crippen MR) is 79.1 cm³/mol. The highest BCUT2D eigenvalue weighted by molar-refractivity contribution is 5.91. The summed E-state index contributed by atoms with van der Waals surface area (Å²) in [4.78, 5) is 22.8. The van der Waals surface area contributed by atoms with Gasteiger partial charge in [0.2, 0.25) is 0 Å². The van der Waals surface area contributed by atoms with E-state index in [0.29, 0.717) is 6.54 Å². The Morgan fingerprint density at radius 2 is 1.95 bits per heavy atom. The van der Waals surface area contributed by atoms with Crippen molar-refractivity contribution in [2.45, 2.75) is 32.2 Å². The largest absolute Gasteiger partial charge is 0.347 e. The number of nitrogens with zero attached hydrogens (tertiary/aromatic N) is 1. The highest BCUT2D eigenvalue weighted by atomic mass is 16.2. The maximum absolute atomic E-state index is 11.9. The lowest BCUT2D eigenvalue weighted by Crippen LogP contribution is -2.25. The number of benzene rings is 1. The fourth-order valence-electron chi connectivity index (χ4n) is 2.64. The van der Waals surface area contributed by atoms with Gasteiger partial charge in [-0.2, -0.15) is 5.10 Å². The Kier molecular flexibility index (Phi) is 3.81. The van der Waals surface area contributed by atoms with Crippen LogP contribution in [0.5, 0.6) is 0 Å². The van der Waals surface area contributed by atoms with E-state index >= 15 is 0 Å². The zero-order chi connectivity index (χ0) is 14.7. The monoisotopic (exact) mass is 283 g/mol. The fourth-order valence-corrected chi connectivity index (χ4v) is 2.64. The lowest BCUT2D eigenvalue weighted by Gasteiger charge is -2.16. The average Bonchev–Trinajstić information content (AvgIpc) is 2.53. The highest BCUT2D eigenvalue weighted by Gasteiger charge is 2.11. The summed E-state index contributed by atoms with van der Waals surface area (Å²) >= 11 is 0. The fraction of sp³-hybridized carbons (Fsp3) is 0.312. The van der Waals surface area contributed by atoms with Crippen LogP contribution in [-0.4, -0.2) is 16.1 Å². The second-order valence-electron chi connectivity index (χ2n) is 5.30. The number of amides is 1. The minimum absolute atomic E-state index is 0.215. The van der Waals surface area contributed by atoms with Crippen molar-refractivity contribution in [2.24, 2.45) is 0 Å². The van der Waals surface area contributed by atoms with Crippen LogP contribution in [0.2, 0.25) is 0 Å². The number of rotatable bonds is 3. The molecule has 21 heavy (non-hydrogen) atoms. The predicted octanol–water partition coefficient (Wildman–Crippen LogP) is 1.58. The molecule has 2 N–H and O–H groups in total. The first kappa shape index (κ1) is 13.5. The van der Waals surface area contributed by atoms with Crippen molar-refractivity contribution in [3.05, 3.63) is 63.1 Å². The number of hydrogen-bond acceptors (Lipinski definition) is 3. The Morgan fingerprint density at radius 3 is 2.71 bits per heavy atom. The van der Waals surface area contributed by atoms with Crippen LogP contribution in [0.25, 0.3) is 0 Å². The van der Waals surface area contributed by atoms with E-state index in [-0.39, 0.29) is 17.2 Å². The minimum Gasteiger partial charge on any atom is -0.347 e. The van der Waals surface area contributed by atoms with E-state index < -0.39 is 0 Å². The minimum atomic E-state index is -0.318. The molecule has 1 aliphatic rings. The van der Waals surface area contributed by atoms with Crippen molar-refractivity contribution < 1.29 is 4.79 Å². The lowest BCUT2D eigenvalue weighted by atomic mass is 9.90. The number of aryl methyl sites for hydroxylation is 2. The van der Waals surface area contributed by atoms with Crippen LogP contribution in [-0.2, 0) is 19.4 Å². The number of fused-ring (bicyclic) bond motifs is 1. The van der Waals surface area contributed by atoms with Crippen molar-refractivity contribution in [3.8, 4) is 0 Å². The molecule has 1 aromatic carbocycles. The topological polar surface area (TPSA) is 74.8 Å². The highest BCUT2D eigenvalue weighted by Crippen LogP contribution is 2.22. The molecule has 2 aromatic rings. The summed E-state index contributed by atoms with van der Waals surface area (Å²) in [6, 6.07) is 9.11. The number of hydrogen-bond donors (Lipinski definition) is 2. The van der Waals surface area contributed by atoms with Gasteiger partial charge < -0.3 is 5.32 Å². The Labute approximate surface area is 122 Å². The van der Waals surface area contributed by atoms with Crippen LogP contribution < -0.4 is 10.9 Å². The van der Waals surface area contributed by atoms with Crippen LogP contribution in [0, 0.1) is 0 Å². The second-order valence-corrected chi connectivity index (χ2v) is 5.30. The molecule has 0 bridgehead atoms. The molecule has 0 saturated heterocycles. The molecular weight excluding hydrogens is 266 g/mol. The summed E-state index contributed by atoms with van der Waals surface area (Å²) in [5, 5.41) is 8.78. The van der Waals surface area contributed by atoms with Gasteiger partial charge in [0, 0.05) is 12.6 Å². The molecular formula is C16H17N3O2. The zero-order valence-corrected chi connectivity index (χ0v) is 11.7. The Morgan fingerprint density at radius 1 is 1.14 bits per heavy atom. The summed E-state index contributed by atoms with van der Waals surface area (Å²) in [6.45, 7) is 0.465. The van der Waals surface area contributed by atoms with Crippen LogP contribution in [0.1, 0.15) is 40.0 Å². The van der Waals surface area contributed by atoms with E-state index in [2.05, 4.69) is 33.7 Å². The molecule has 108 valence electrons. The first-order chi connectivity index (χ1) is 10.2. The third kappa shape index (κ3) is 3.18. The summed E-state index contributed by atoms with van der Waals surface area (Å²) in [6.07, 6.45) is 4.78. The van der Waals surface area contributed by atoms with Gasteiger partial charge in [0.15, 0.2) is 0 Å². The van der Waals surface area contributed by atoms with Gasteiger partial charge in [-0.3, -0.25) is 9.59 Å². The second kappa shape index (κ2) is 5.91.